The topological polar surface area (TPSA) is 57.7 Å². The number of sulfonamides is 1. The molecule has 0 unspecified atom stereocenters. The van der Waals surface area contributed by atoms with E-state index in [1.165, 1.54) is 26.2 Å². The van der Waals surface area contributed by atoms with Crippen LogP contribution in [0.5, 0.6) is 0 Å². The van der Waals surface area contributed by atoms with Crippen molar-refractivity contribution in [1.82, 2.24) is 9.21 Å². The van der Waals surface area contributed by atoms with E-state index in [1.807, 2.05) is 4.90 Å². The van der Waals surface area contributed by atoms with E-state index in [4.69, 9.17) is 0 Å². The third kappa shape index (κ3) is 3.27. The molecule has 6 heteroatoms. The van der Waals surface area contributed by atoms with Crippen LogP contribution in [0.2, 0.25) is 0 Å². The summed E-state index contributed by atoms with van der Waals surface area (Å²) in [5, 5.41) is 0. The predicted molar refractivity (Wildman–Crippen MR) is 81.7 cm³/mol. The minimum Gasteiger partial charge on any atom is -0.336 e. The second kappa shape index (κ2) is 6.15. The number of amides is 1. The Morgan fingerprint density at radius 2 is 1.81 bits per heavy atom. The summed E-state index contributed by atoms with van der Waals surface area (Å²) >= 11 is 0. The Balaban J connectivity index is 2.21. The molecular formula is C15H22N2O3S. The monoisotopic (exact) mass is 310 g/mol. The van der Waals surface area contributed by atoms with Crippen molar-refractivity contribution in [2.24, 2.45) is 0 Å². The van der Waals surface area contributed by atoms with Crippen LogP contribution in [0.3, 0.4) is 0 Å². The van der Waals surface area contributed by atoms with Gasteiger partial charge < -0.3 is 4.90 Å². The summed E-state index contributed by atoms with van der Waals surface area (Å²) in [5.74, 6) is -0.0176. The second-order valence-corrected chi connectivity index (χ2v) is 7.81. The molecule has 2 rings (SSSR count). The van der Waals surface area contributed by atoms with Crippen molar-refractivity contribution in [3.63, 3.8) is 0 Å². The van der Waals surface area contributed by atoms with Crippen LogP contribution in [0.4, 0.5) is 0 Å². The zero-order valence-corrected chi connectivity index (χ0v) is 13.6. The third-order valence-electron chi connectivity index (χ3n) is 3.94. The normalized spacial score (nSPS) is 19.8. The molecule has 1 atom stereocenters. The van der Waals surface area contributed by atoms with E-state index in [9.17, 15) is 13.2 Å². The molecule has 5 nitrogen and oxygen atoms in total. The summed E-state index contributed by atoms with van der Waals surface area (Å²) in [4.78, 5) is 14.5. The van der Waals surface area contributed by atoms with Gasteiger partial charge in [-0.15, -0.1) is 0 Å². The van der Waals surface area contributed by atoms with Gasteiger partial charge in [0, 0.05) is 32.2 Å². The molecule has 0 N–H and O–H groups in total. The molecule has 1 aromatic carbocycles. The summed E-state index contributed by atoms with van der Waals surface area (Å²) in [6.45, 7) is 2.83. The Morgan fingerprint density at radius 3 is 2.33 bits per heavy atom. The fraction of sp³-hybridized carbons (Fsp3) is 0.533. The highest BCUT2D eigenvalue weighted by molar-refractivity contribution is 7.89. The summed E-state index contributed by atoms with van der Waals surface area (Å²) in [7, 11) is -0.467. The van der Waals surface area contributed by atoms with Crippen LogP contribution in [0.15, 0.2) is 29.2 Å². The van der Waals surface area contributed by atoms with Gasteiger partial charge in [0.2, 0.25) is 10.0 Å². The highest BCUT2D eigenvalue weighted by Gasteiger charge is 2.24. The van der Waals surface area contributed by atoms with Gasteiger partial charge in [-0.2, -0.15) is 0 Å². The minimum atomic E-state index is -3.45. The van der Waals surface area contributed by atoms with Gasteiger partial charge in [0.25, 0.3) is 5.91 Å². The summed E-state index contributed by atoms with van der Waals surface area (Å²) < 4.78 is 25.2. The van der Waals surface area contributed by atoms with Gasteiger partial charge in [-0.05, 0) is 50.5 Å². The number of hydrogen-bond acceptors (Lipinski definition) is 3. The fourth-order valence-corrected chi connectivity index (χ4v) is 3.45. The van der Waals surface area contributed by atoms with E-state index >= 15 is 0 Å². The van der Waals surface area contributed by atoms with Gasteiger partial charge in [-0.3, -0.25) is 4.79 Å². The molecule has 0 aromatic heterocycles. The molecule has 0 bridgehead atoms. The summed E-state index contributed by atoms with van der Waals surface area (Å²) in [6.07, 6.45) is 3.22. The van der Waals surface area contributed by atoms with Crippen molar-refractivity contribution in [3.8, 4) is 0 Å². The summed E-state index contributed by atoms with van der Waals surface area (Å²) in [5.41, 5.74) is 0.543. The van der Waals surface area contributed by atoms with Gasteiger partial charge in [0.1, 0.15) is 0 Å². The maximum atomic E-state index is 12.5. The second-order valence-electron chi connectivity index (χ2n) is 5.66. The fourth-order valence-electron chi connectivity index (χ4n) is 2.55. The van der Waals surface area contributed by atoms with E-state index in [0.717, 1.165) is 30.1 Å². The lowest BCUT2D eigenvalue weighted by Crippen LogP contribution is -2.42. The molecule has 0 saturated carbocycles. The number of rotatable bonds is 3. The van der Waals surface area contributed by atoms with Crippen LogP contribution in [0.1, 0.15) is 36.5 Å². The van der Waals surface area contributed by atoms with Crippen LogP contribution >= 0.6 is 0 Å². The molecule has 116 valence electrons. The first-order valence-electron chi connectivity index (χ1n) is 7.17. The van der Waals surface area contributed by atoms with E-state index in [-0.39, 0.29) is 16.8 Å². The van der Waals surface area contributed by atoms with Gasteiger partial charge >= 0.3 is 0 Å². The van der Waals surface area contributed by atoms with Gasteiger partial charge in [0.15, 0.2) is 0 Å². The molecule has 1 aromatic rings. The molecule has 1 aliphatic heterocycles. The van der Waals surface area contributed by atoms with Gasteiger partial charge in [0.05, 0.1) is 4.90 Å². The van der Waals surface area contributed by atoms with Crippen LogP contribution in [-0.4, -0.2) is 50.2 Å². The van der Waals surface area contributed by atoms with Crippen molar-refractivity contribution >= 4 is 15.9 Å². The number of hydrogen-bond donors (Lipinski definition) is 0. The van der Waals surface area contributed by atoms with E-state index in [1.54, 1.807) is 12.1 Å². The molecule has 1 fully saturated rings. The quantitative estimate of drug-likeness (QED) is 0.857. The van der Waals surface area contributed by atoms with E-state index < -0.39 is 10.0 Å². The maximum Gasteiger partial charge on any atom is 0.254 e. The molecule has 0 spiro atoms. The molecular weight excluding hydrogens is 288 g/mol. The molecule has 1 heterocycles. The standard InChI is InChI=1S/C15H22N2O3S/c1-12-6-4-5-11-17(12)15(18)13-7-9-14(10-8-13)21(19,20)16(2)3/h7-10,12H,4-6,11H2,1-3H3/t12-/m1/s1. The number of nitrogens with zero attached hydrogens (tertiary/aromatic N) is 2. The average Bonchev–Trinajstić information content (AvgIpc) is 2.47. The molecule has 1 saturated heterocycles. The van der Waals surface area contributed by atoms with Crippen LogP contribution in [-0.2, 0) is 10.0 Å². The van der Waals surface area contributed by atoms with Crippen LogP contribution in [0.25, 0.3) is 0 Å². The van der Waals surface area contributed by atoms with Crippen LogP contribution in [0, 0.1) is 0 Å². The number of carbonyl (C=O) groups excluding carboxylic acids is 1. The lowest BCUT2D eigenvalue weighted by atomic mass is 10.0. The van der Waals surface area contributed by atoms with Crippen LogP contribution < -0.4 is 0 Å². The van der Waals surface area contributed by atoms with Crippen molar-refractivity contribution in [2.45, 2.75) is 37.1 Å². The highest BCUT2D eigenvalue weighted by atomic mass is 32.2. The lowest BCUT2D eigenvalue weighted by Gasteiger charge is -2.33. The van der Waals surface area contributed by atoms with Crippen molar-refractivity contribution in [1.29, 1.82) is 0 Å². The number of likely N-dealkylation sites (tertiary alicyclic amines) is 1. The van der Waals surface area contributed by atoms with E-state index in [2.05, 4.69) is 6.92 Å². The Morgan fingerprint density at radius 1 is 1.19 bits per heavy atom. The van der Waals surface area contributed by atoms with Crippen molar-refractivity contribution in [3.05, 3.63) is 29.8 Å². The molecule has 0 aliphatic carbocycles. The minimum absolute atomic E-state index is 0.0176. The third-order valence-corrected chi connectivity index (χ3v) is 5.77. The van der Waals surface area contributed by atoms with Gasteiger partial charge in [-0.1, -0.05) is 0 Å². The number of piperidine rings is 1. The van der Waals surface area contributed by atoms with Crippen molar-refractivity contribution in [2.75, 3.05) is 20.6 Å². The first-order valence-corrected chi connectivity index (χ1v) is 8.61. The van der Waals surface area contributed by atoms with Crippen molar-refractivity contribution < 1.29 is 13.2 Å². The van der Waals surface area contributed by atoms with Gasteiger partial charge in [-0.25, -0.2) is 12.7 Å². The Kier molecular flexibility index (Phi) is 4.68. The predicted octanol–water partition coefficient (Wildman–Crippen LogP) is 1.95. The first-order chi connectivity index (χ1) is 9.84. The average molecular weight is 310 g/mol. The SMILES string of the molecule is C[C@@H]1CCCCN1C(=O)c1ccc(S(=O)(=O)N(C)C)cc1. The number of carbonyl (C=O) groups is 1. The largest absolute Gasteiger partial charge is 0.336 e. The number of benzene rings is 1. The smallest absolute Gasteiger partial charge is 0.254 e. The Bertz CT molecular complexity index is 608. The lowest BCUT2D eigenvalue weighted by molar-refractivity contribution is 0.0635. The molecule has 1 amide bonds. The first kappa shape index (κ1) is 16.0. The zero-order valence-electron chi connectivity index (χ0n) is 12.7. The summed E-state index contributed by atoms with van der Waals surface area (Å²) in [6, 6.07) is 6.44. The Hall–Kier alpha value is -1.40. The molecule has 21 heavy (non-hydrogen) atoms. The Labute approximate surface area is 126 Å². The zero-order chi connectivity index (χ0) is 15.6. The molecule has 0 radical (unpaired) electrons. The van der Waals surface area contributed by atoms with E-state index in [0.29, 0.717) is 5.56 Å². The molecule has 1 aliphatic rings. The maximum absolute atomic E-state index is 12.5. The highest BCUT2D eigenvalue weighted by Crippen LogP contribution is 2.20.